The van der Waals surface area contributed by atoms with Crippen LogP contribution in [0.15, 0.2) is 0 Å². The van der Waals surface area contributed by atoms with Gasteiger partial charge in [-0.3, -0.25) is 4.79 Å². The molecule has 2 amide bonds. The Morgan fingerprint density at radius 2 is 2.00 bits per heavy atom. The van der Waals surface area contributed by atoms with Crippen molar-refractivity contribution >= 4 is 18.0 Å². The number of carbonyl (C=O) groups is 3. The summed E-state index contributed by atoms with van der Waals surface area (Å²) in [4.78, 5) is 34.8. The molecule has 1 fully saturated rings. The van der Waals surface area contributed by atoms with Crippen LogP contribution >= 0.6 is 0 Å². The second kappa shape index (κ2) is 7.38. The molecule has 3 N–H and O–H groups in total. The zero-order chi connectivity index (χ0) is 15.1. The van der Waals surface area contributed by atoms with Crippen LogP contribution < -0.4 is 5.32 Å². The minimum absolute atomic E-state index is 0.105. The van der Waals surface area contributed by atoms with Crippen molar-refractivity contribution in [2.24, 2.45) is 5.92 Å². The molecule has 0 aromatic rings. The van der Waals surface area contributed by atoms with E-state index in [1.165, 1.54) is 4.90 Å². The minimum atomic E-state index is -1.26. The third-order valence-corrected chi connectivity index (χ3v) is 2.99. The van der Waals surface area contributed by atoms with E-state index in [0.29, 0.717) is 12.5 Å². The summed E-state index contributed by atoms with van der Waals surface area (Å²) in [5, 5.41) is 19.8. The second-order valence-electron chi connectivity index (χ2n) is 4.80. The van der Waals surface area contributed by atoms with Crippen molar-refractivity contribution in [2.75, 3.05) is 13.1 Å². The first-order chi connectivity index (χ1) is 9.43. The zero-order valence-electron chi connectivity index (χ0n) is 11.0. The molecule has 1 aliphatic carbocycles. The standard InChI is InChI=1S/C13H18N2O5/c1-2-7-15(8-9-3-4-9)13(20)14-10(12(18)19)5-6-11(16)17/h1,9-10H,3-8H2,(H,14,20)(H,16,17)(H,18,19)/t10-/m0/s1. The molecule has 0 saturated heterocycles. The van der Waals surface area contributed by atoms with Crippen molar-refractivity contribution in [3.8, 4) is 12.3 Å². The van der Waals surface area contributed by atoms with Gasteiger partial charge in [-0.15, -0.1) is 6.42 Å². The van der Waals surface area contributed by atoms with Crippen LogP contribution in [0.25, 0.3) is 0 Å². The Hall–Kier alpha value is -2.23. The Bertz CT molecular complexity index is 425. The van der Waals surface area contributed by atoms with E-state index in [-0.39, 0.29) is 19.4 Å². The molecule has 0 aromatic carbocycles. The van der Waals surface area contributed by atoms with Crippen LogP contribution in [0.3, 0.4) is 0 Å². The van der Waals surface area contributed by atoms with Crippen molar-refractivity contribution in [3.63, 3.8) is 0 Å². The highest BCUT2D eigenvalue weighted by Crippen LogP contribution is 2.29. The Labute approximate surface area is 116 Å². The van der Waals surface area contributed by atoms with Crippen molar-refractivity contribution in [1.29, 1.82) is 0 Å². The maximum absolute atomic E-state index is 12.0. The van der Waals surface area contributed by atoms with E-state index >= 15 is 0 Å². The van der Waals surface area contributed by atoms with Gasteiger partial charge in [0.25, 0.3) is 0 Å². The van der Waals surface area contributed by atoms with E-state index in [9.17, 15) is 14.4 Å². The number of nitrogens with one attached hydrogen (secondary N) is 1. The highest BCUT2D eigenvalue weighted by Gasteiger charge is 2.28. The van der Waals surface area contributed by atoms with Gasteiger partial charge in [0.05, 0.1) is 6.54 Å². The lowest BCUT2D eigenvalue weighted by atomic mass is 10.1. The van der Waals surface area contributed by atoms with Gasteiger partial charge in [-0.1, -0.05) is 5.92 Å². The number of carboxylic acids is 2. The molecule has 110 valence electrons. The molecule has 0 spiro atoms. The van der Waals surface area contributed by atoms with Crippen molar-refractivity contribution in [2.45, 2.75) is 31.7 Å². The summed E-state index contributed by atoms with van der Waals surface area (Å²) in [6.45, 7) is 0.606. The minimum Gasteiger partial charge on any atom is -0.481 e. The summed E-state index contributed by atoms with van der Waals surface area (Å²) in [7, 11) is 0. The number of hydrogen-bond acceptors (Lipinski definition) is 3. The van der Waals surface area contributed by atoms with E-state index in [4.69, 9.17) is 16.6 Å². The largest absolute Gasteiger partial charge is 0.481 e. The van der Waals surface area contributed by atoms with Gasteiger partial charge in [-0.2, -0.15) is 0 Å². The van der Waals surface area contributed by atoms with E-state index in [0.717, 1.165) is 12.8 Å². The number of aliphatic carboxylic acids is 2. The monoisotopic (exact) mass is 282 g/mol. The lowest BCUT2D eigenvalue weighted by molar-refractivity contribution is -0.140. The Morgan fingerprint density at radius 3 is 2.45 bits per heavy atom. The molecular weight excluding hydrogens is 264 g/mol. The first-order valence-corrected chi connectivity index (χ1v) is 6.37. The normalized spacial score (nSPS) is 14.9. The van der Waals surface area contributed by atoms with Gasteiger partial charge in [0.15, 0.2) is 0 Å². The maximum atomic E-state index is 12.0. The van der Waals surface area contributed by atoms with Crippen LogP contribution in [-0.4, -0.2) is 52.2 Å². The molecule has 0 unspecified atom stereocenters. The van der Waals surface area contributed by atoms with Gasteiger partial charge in [0, 0.05) is 13.0 Å². The quantitative estimate of drug-likeness (QED) is 0.557. The van der Waals surface area contributed by atoms with Crippen molar-refractivity contribution in [3.05, 3.63) is 0 Å². The molecule has 1 atom stereocenters. The van der Waals surface area contributed by atoms with E-state index in [1.807, 2.05) is 0 Å². The van der Waals surface area contributed by atoms with E-state index < -0.39 is 24.0 Å². The molecule has 1 rings (SSSR count). The Kier molecular flexibility index (Phi) is 5.84. The van der Waals surface area contributed by atoms with Gasteiger partial charge in [-0.25, -0.2) is 9.59 Å². The number of terminal acetylenes is 1. The first-order valence-electron chi connectivity index (χ1n) is 6.37. The molecule has 0 heterocycles. The van der Waals surface area contributed by atoms with Crippen LogP contribution in [0.5, 0.6) is 0 Å². The third kappa shape index (κ3) is 5.61. The predicted octanol–water partition coefficient (Wildman–Crippen LogP) is 0.359. The van der Waals surface area contributed by atoms with Crippen LogP contribution in [-0.2, 0) is 9.59 Å². The van der Waals surface area contributed by atoms with Crippen LogP contribution in [0.2, 0.25) is 0 Å². The topological polar surface area (TPSA) is 107 Å². The summed E-state index contributed by atoms with van der Waals surface area (Å²) in [5.41, 5.74) is 0. The SMILES string of the molecule is C#CCN(CC1CC1)C(=O)N[C@@H](CCC(=O)O)C(=O)O. The molecular formula is C13H18N2O5. The number of carboxylic acid groups (broad SMARTS) is 2. The number of carbonyl (C=O) groups excluding carboxylic acids is 1. The van der Waals surface area contributed by atoms with E-state index in [2.05, 4.69) is 11.2 Å². The highest BCUT2D eigenvalue weighted by molar-refractivity contribution is 5.83. The Balaban J connectivity index is 2.54. The summed E-state index contributed by atoms with van der Waals surface area (Å²) in [6.07, 6.45) is 6.77. The summed E-state index contributed by atoms with van der Waals surface area (Å²) < 4.78 is 0. The van der Waals surface area contributed by atoms with Gasteiger partial charge in [0.1, 0.15) is 6.04 Å². The molecule has 20 heavy (non-hydrogen) atoms. The fraction of sp³-hybridized carbons (Fsp3) is 0.615. The van der Waals surface area contributed by atoms with E-state index in [1.54, 1.807) is 0 Å². The lowest BCUT2D eigenvalue weighted by Crippen LogP contribution is -2.48. The molecule has 7 nitrogen and oxygen atoms in total. The smallest absolute Gasteiger partial charge is 0.326 e. The van der Waals surface area contributed by atoms with Gasteiger partial charge >= 0.3 is 18.0 Å². The van der Waals surface area contributed by atoms with Gasteiger partial charge in [0.2, 0.25) is 0 Å². The van der Waals surface area contributed by atoms with Crippen molar-refractivity contribution < 1.29 is 24.6 Å². The van der Waals surface area contributed by atoms with Crippen LogP contribution in [0, 0.1) is 18.3 Å². The zero-order valence-corrected chi connectivity index (χ0v) is 11.0. The average Bonchev–Trinajstić information content (AvgIpc) is 3.17. The van der Waals surface area contributed by atoms with Crippen LogP contribution in [0.4, 0.5) is 4.79 Å². The lowest BCUT2D eigenvalue weighted by Gasteiger charge is -2.23. The fourth-order valence-corrected chi connectivity index (χ4v) is 1.71. The first kappa shape index (κ1) is 15.8. The third-order valence-electron chi connectivity index (χ3n) is 2.99. The number of nitrogens with zero attached hydrogens (tertiary/aromatic N) is 1. The number of amides is 2. The molecule has 0 aliphatic heterocycles. The molecule has 0 bridgehead atoms. The Morgan fingerprint density at radius 1 is 1.35 bits per heavy atom. The molecule has 7 heteroatoms. The van der Waals surface area contributed by atoms with Gasteiger partial charge < -0.3 is 20.4 Å². The molecule has 1 saturated carbocycles. The van der Waals surface area contributed by atoms with Gasteiger partial charge in [-0.05, 0) is 25.2 Å². The number of hydrogen-bond donors (Lipinski definition) is 3. The maximum Gasteiger partial charge on any atom is 0.326 e. The molecule has 0 radical (unpaired) electrons. The molecule has 1 aliphatic rings. The van der Waals surface area contributed by atoms with Crippen molar-refractivity contribution in [1.82, 2.24) is 10.2 Å². The molecule has 0 aromatic heterocycles. The summed E-state index contributed by atoms with van der Waals surface area (Å²) in [6, 6.07) is -1.79. The second-order valence-corrected chi connectivity index (χ2v) is 4.80. The highest BCUT2D eigenvalue weighted by atomic mass is 16.4. The summed E-state index contributed by atoms with van der Waals surface area (Å²) >= 11 is 0. The van der Waals surface area contributed by atoms with Crippen LogP contribution in [0.1, 0.15) is 25.7 Å². The fourth-order valence-electron chi connectivity index (χ4n) is 1.71. The number of urea groups is 1. The number of rotatable bonds is 8. The average molecular weight is 282 g/mol. The summed E-state index contributed by atoms with van der Waals surface area (Å²) in [5.74, 6) is 0.420. The predicted molar refractivity (Wildman–Crippen MR) is 70.0 cm³/mol.